The molecule has 1 aromatic carbocycles. The molecular weight excluding hydrogens is 231 g/mol. The predicted octanol–water partition coefficient (Wildman–Crippen LogP) is 1.87. The van der Waals surface area contributed by atoms with Crippen LogP contribution in [0.15, 0.2) is 24.4 Å². The van der Waals surface area contributed by atoms with Crippen molar-refractivity contribution in [2.45, 2.75) is 25.4 Å². The molecule has 18 heavy (non-hydrogen) atoms. The Kier molecular flexibility index (Phi) is 2.83. The van der Waals surface area contributed by atoms with E-state index in [1.54, 1.807) is 16.9 Å². The molecule has 1 heterocycles. The van der Waals surface area contributed by atoms with E-state index in [9.17, 15) is 4.39 Å². The van der Waals surface area contributed by atoms with Crippen LogP contribution in [-0.2, 0) is 13.6 Å². The van der Waals surface area contributed by atoms with Gasteiger partial charge in [0.2, 0.25) is 0 Å². The minimum atomic E-state index is -0.235. The minimum Gasteiger partial charge on any atom is -0.310 e. The van der Waals surface area contributed by atoms with E-state index >= 15 is 0 Å². The normalized spacial score (nSPS) is 15.0. The molecule has 1 aromatic heterocycles. The first-order valence-electron chi connectivity index (χ1n) is 6.11. The average molecular weight is 246 g/mol. The van der Waals surface area contributed by atoms with E-state index in [0.717, 1.165) is 23.4 Å². The molecule has 1 aliphatic carbocycles. The largest absolute Gasteiger partial charge is 0.310 e. The van der Waals surface area contributed by atoms with Crippen LogP contribution < -0.4 is 5.32 Å². The molecule has 5 heteroatoms. The van der Waals surface area contributed by atoms with Gasteiger partial charge in [0.05, 0.1) is 11.9 Å². The molecule has 0 aliphatic heterocycles. The molecule has 3 rings (SSSR count). The zero-order valence-corrected chi connectivity index (χ0v) is 10.2. The van der Waals surface area contributed by atoms with Crippen LogP contribution in [0.4, 0.5) is 4.39 Å². The van der Waals surface area contributed by atoms with Crippen molar-refractivity contribution in [2.75, 3.05) is 0 Å². The smallest absolute Gasteiger partial charge is 0.123 e. The van der Waals surface area contributed by atoms with Crippen molar-refractivity contribution in [2.24, 2.45) is 7.05 Å². The summed E-state index contributed by atoms with van der Waals surface area (Å²) in [4.78, 5) is 0. The van der Waals surface area contributed by atoms with E-state index in [-0.39, 0.29) is 5.82 Å². The molecule has 0 saturated heterocycles. The van der Waals surface area contributed by atoms with Crippen molar-refractivity contribution >= 4 is 0 Å². The summed E-state index contributed by atoms with van der Waals surface area (Å²) in [6.07, 6.45) is 4.14. The van der Waals surface area contributed by atoms with Crippen LogP contribution in [-0.4, -0.2) is 21.0 Å². The van der Waals surface area contributed by atoms with E-state index < -0.39 is 0 Å². The Morgan fingerprint density at radius 2 is 2.28 bits per heavy atom. The summed E-state index contributed by atoms with van der Waals surface area (Å²) in [5.41, 5.74) is 2.77. The van der Waals surface area contributed by atoms with Crippen molar-refractivity contribution in [1.82, 2.24) is 20.3 Å². The average Bonchev–Trinajstić information content (AvgIpc) is 3.09. The Bertz CT molecular complexity index is 560. The lowest BCUT2D eigenvalue weighted by Gasteiger charge is -2.10. The van der Waals surface area contributed by atoms with Crippen LogP contribution in [0.3, 0.4) is 0 Å². The lowest BCUT2D eigenvalue weighted by atomic mass is 10.0. The molecule has 0 amide bonds. The first kappa shape index (κ1) is 11.3. The Hall–Kier alpha value is -1.75. The van der Waals surface area contributed by atoms with Gasteiger partial charge in [0.15, 0.2) is 0 Å². The number of benzene rings is 1. The first-order chi connectivity index (χ1) is 8.74. The fraction of sp³-hybridized carbons (Fsp3) is 0.385. The van der Waals surface area contributed by atoms with Gasteiger partial charge in [-0.05, 0) is 30.5 Å². The second kappa shape index (κ2) is 4.49. The van der Waals surface area contributed by atoms with Crippen LogP contribution in [0.25, 0.3) is 11.3 Å². The Morgan fingerprint density at radius 1 is 1.44 bits per heavy atom. The fourth-order valence-corrected chi connectivity index (χ4v) is 2.02. The second-order valence-corrected chi connectivity index (χ2v) is 4.70. The molecule has 0 radical (unpaired) electrons. The zero-order chi connectivity index (χ0) is 12.5. The van der Waals surface area contributed by atoms with Crippen LogP contribution in [0, 0.1) is 5.82 Å². The molecule has 2 aromatic rings. The number of aryl methyl sites for hydroxylation is 1. The Labute approximate surface area is 105 Å². The number of halogens is 1. The van der Waals surface area contributed by atoms with Gasteiger partial charge in [-0.15, -0.1) is 5.10 Å². The summed E-state index contributed by atoms with van der Waals surface area (Å²) in [5, 5.41) is 11.2. The highest BCUT2D eigenvalue weighted by Gasteiger charge is 2.21. The summed E-state index contributed by atoms with van der Waals surface area (Å²) < 4.78 is 15.1. The van der Waals surface area contributed by atoms with Gasteiger partial charge in [-0.2, -0.15) is 0 Å². The van der Waals surface area contributed by atoms with Crippen LogP contribution >= 0.6 is 0 Å². The van der Waals surface area contributed by atoms with Gasteiger partial charge in [-0.1, -0.05) is 11.3 Å². The highest BCUT2D eigenvalue weighted by molar-refractivity contribution is 5.63. The highest BCUT2D eigenvalue weighted by Crippen LogP contribution is 2.25. The number of rotatable bonds is 4. The highest BCUT2D eigenvalue weighted by atomic mass is 19.1. The summed E-state index contributed by atoms with van der Waals surface area (Å²) >= 11 is 0. The van der Waals surface area contributed by atoms with Gasteiger partial charge in [-0.3, -0.25) is 0 Å². The Balaban J connectivity index is 1.94. The lowest BCUT2D eigenvalue weighted by molar-refractivity contribution is 0.624. The summed E-state index contributed by atoms with van der Waals surface area (Å²) in [6, 6.07) is 5.50. The van der Waals surface area contributed by atoms with Gasteiger partial charge in [0.25, 0.3) is 0 Å². The van der Waals surface area contributed by atoms with E-state index in [1.807, 2.05) is 13.1 Å². The van der Waals surface area contributed by atoms with Crippen molar-refractivity contribution < 1.29 is 4.39 Å². The maximum atomic E-state index is 13.4. The monoisotopic (exact) mass is 246 g/mol. The number of hydrogen-bond acceptors (Lipinski definition) is 3. The Morgan fingerprint density at radius 3 is 2.94 bits per heavy atom. The zero-order valence-electron chi connectivity index (χ0n) is 10.2. The molecule has 0 unspecified atom stereocenters. The standard InChI is InChI=1S/C13H15FN4/c1-18-13(8-16-17-18)12-6-10(14)3-2-9(12)7-15-11-4-5-11/h2-3,6,8,11,15H,4-5,7H2,1H3. The molecule has 94 valence electrons. The van der Waals surface area contributed by atoms with E-state index in [1.165, 1.54) is 18.9 Å². The van der Waals surface area contributed by atoms with E-state index in [4.69, 9.17) is 0 Å². The van der Waals surface area contributed by atoms with Crippen LogP contribution in [0.2, 0.25) is 0 Å². The fourth-order valence-electron chi connectivity index (χ4n) is 2.02. The quantitative estimate of drug-likeness (QED) is 0.895. The van der Waals surface area contributed by atoms with Gasteiger partial charge >= 0.3 is 0 Å². The van der Waals surface area contributed by atoms with E-state index in [2.05, 4.69) is 15.6 Å². The van der Waals surface area contributed by atoms with Crippen molar-refractivity contribution in [1.29, 1.82) is 0 Å². The molecule has 1 fully saturated rings. The molecule has 4 nitrogen and oxygen atoms in total. The second-order valence-electron chi connectivity index (χ2n) is 4.70. The van der Waals surface area contributed by atoms with Crippen LogP contribution in [0.5, 0.6) is 0 Å². The summed E-state index contributed by atoms with van der Waals surface area (Å²) in [7, 11) is 1.81. The van der Waals surface area contributed by atoms with Gasteiger partial charge in [-0.25, -0.2) is 9.07 Å². The lowest BCUT2D eigenvalue weighted by Crippen LogP contribution is -2.16. The molecule has 1 N–H and O–H groups in total. The minimum absolute atomic E-state index is 0.235. The number of hydrogen-bond donors (Lipinski definition) is 1. The molecule has 1 saturated carbocycles. The SMILES string of the molecule is Cn1nncc1-c1cc(F)ccc1CNC1CC1. The molecule has 0 atom stereocenters. The third-order valence-corrected chi connectivity index (χ3v) is 3.22. The molecule has 0 bridgehead atoms. The summed E-state index contributed by atoms with van der Waals surface area (Å²) in [6.45, 7) is 0.755. The maximum Gasteiger partial charge on any atom is 0.123 e. The number of nitrogens with one attached hydrogen (secondary N) is 1. The van der Waals surface area contributed by atoms with Gasteiger partial charge in [0.1, 0.15) is 5.82 Å². The van der Waals surface area contributed by atoms with Crippen LogP contribution in [0.1, 0.15) is 18.4 Å². The number of nitrogens with zero attached hydrogens (tertiary/aromatic N) is 3. The molecule has 1 aliphatic rings. The van der Waals surface area contributed by atoms with Gasteiger partial charge < -0.3 is 5.32 Å². The summed E-state index contributed by atoms with van der Waals surface area (Å²) in [5.74, 6) is -0.235. The topological polar surface area (TPSA) is 42.7 Å². The van der Waals surface area contributed by atoms with E-state index in [0.29, 0.717) is 6.04 Å². The third-order valence-electron chi connectivity index (χ3n) is 3.22. The van der Waals surface area contributed by atoms with Gasteiger partial charge in [0, 0.05) is 25.2 Å². The maximum absolute atomic E-state index is 13.4. The molecule has 0 spiro atoms. The third kappa shape index (κ3) is 2.26. The predicted molar refractivity (Wildman–Crippen MR) is 66.3 cm³/mol. The number of aromatic nitrogens is 3. The van der Waals surface area contributed by atoms with Crippen molar-refractivity contribution in [3.8, 4) is 11.3 Å². The van der Waals surface area contributed by atoms with Crippen molar-refractivity contribution in [3.05, 3.63) is 35.8 Å². The molecular formula is C13H15FN4. The van der Waals surface area contributed by atoms with Crippen molar-refractivity contribution in [3.63, 3.8) is 0 Å². The first-order valence-corrected chi connectivity index (χ1v) is 6.11.